The summed E-state index contributed by atoms with van der Waals surface area (Å²) >= 11 is 0. The molecule has 4 rings (SSSR count). The van der Waals surface area contributed by atoms with Crippen LogP contribution >= 0.6 is 12.4 Å². The molecule has 2 heterocycles. The molecule has 1 aromatic heterocycles. The first kappa shape index (κ1) is 27.1. The molecule has 1 saturated heterocycles. The number of alkyl carbamates (subject to hydrolysis) is 1. The number of nitrogen functional groups attached to an aromatic ring is 1. The number of nitrogens with one attached hydrogen (secondary N) is 2. The maximum atomic E-state index is 13.2. The van der Waals surface area contributed by atoms with Crippen molar-refractivity contribution in [2.45, 2.75) is 45.0 Å². The summed E-state index contributed by atoms with van der Waals surface area (Å²) in [5.41, 5.74) is 4.95. The number of hydrogen-bond donors (Lipinski definition) is 3. The molecule has 0 unspecified atom stereocenters. The molecule has 0 aliphatic carbocycles. The molecule has 1 amide bonds. The molecule has 1 aliphatic heterocycles. The zero-order valence-corrected chi connectivity index (χ0v) is 20.8. The summed E-state index contributed by atoms with van der Waals surface area (Å²) in [5.74, 6) is 0.757. The molecule has 1 aliphatic rings. The highest BCUT2D eigenvalue weighted by Gasteiger charge is 2.31. The lowest BCUT2D eigenvalue weighted by molar-refractivity contribution is -0.137. The lowest BCUT2D eigenvalue weighted by Gasteiger charge is -2.23. The summed E-state index contributed by atoms with van der Waals surface area (Å²) in [6, 6.07) is 10.5. The molecule has 4 N–H and O–H groups in total. The number of fused-ring (bicyclic) bond motifs is 1. The van der Waals surface area contributed by atoms with E-state index in [4.69, 9.17) is 10.5 Å². The van der Waals surface area contributed by atoms with Crippen LogP contribution in [-0.2, 0) is 10.9 Å². The van der Waals surface area contributed by atoms with Crippen LogP contribution in [0.2, 0.25) is 0 Å². The molecule has 194 valence electrons. The van der Waals surface area contributed by atoms with E-state index in [2.05, 4.69) is 20.6 Å². The first-order valence-corrected chi connectivity index (χ1v) is 11.1. The summed E-state index contributed by atoms with van der Waals surface area (Å²) in [6.45, 7) is 6.51. The number of halogens is 4. The van der Waals surface area contributed by atoms with Gasteiger partial charge >= 0.3 is 12.3 Å². The van der Waals surface area contributed by atoms with Gasteiger partial charge < -0.3 is 26.0 Å². The molecule has 1 fully saturated rings. The Hall–Kier alpha value is -3.47. The first-order valence-electron chi connectivity index (χ1n) is 11.1. The summed E-state index contributed by atoms with van der Waals surface area (Å²) in [4.78, 5) is 23.3. The van der Waals surface area contributed by atoms with Gasteiger partial charge in [-0.25, -0.2) is 9.78 Å². The third-order valence-electron chi connectivity index (χ3n) is 5.33. The SMILES string of the molecule is CC(C)(C)OC(=O)N[C@H]1CCN(c2nc(Nc3cc(N)cc(C(F)(F)F)c3)nc3ccccc23)C1.Cl. The topological polar surface area (TPSA) is 105 Å². The molecule has 0 spiro atoms. The van der Waals surface area contributed by atoms with Gasteiger partial charge in [0.1, 0.15) is 11.4 Å². The van der Waals surface area contributed by atoms with Crippen molar-refractivity contribution in [2.24, 2.45) is 0 Å². The van der Waals surface area contributed by atoms with Crippen LogP contribution in [0.15, 0.2) is 42.5 Å². The molecule has 1 atom stereocenters. The van der Waals surface area contributed by atoms with Crippen LogP contribution in [0, 0.1) is 0 Å². The van der Waals surface area contributed by atoms with Gasteiger partial charge in [0.25, 0.3) is 0 Å². The zero-order valence-electron chi connectivity index (χ0n) is 20.0. The Morgan fingerprint density at radius 2 is 1.86 bits per heavy atom. The predicted molar refractivity (Wildman–Crippen MR) is 136 cm³/mol. The molecule has 8 nitrogen and oxygen atoms in total. The molecular formula is C24H28ClF3N6O2. The van der Waals surface area contributed by atoms with Crippen LogP contribution < -0.4 is 21.3 Å². The third kappa shape index (κ3) is 6.60. The summed E-state index contributed by atoms with van der Waals surface area (Å²) in [5, 5.41) is 6.54. The van der Waals surface area contributed by atoms with Crippen molar-refractivity contribution in [3.63, 3.8) is 0 Å². The van der Waals surface area contributed by atoms with E-state index in [0.717, 1.165) is 17.5 Å². The van der Waals surface area contributed by atoms with Crippen LogP contribution in [0.25, 0.3) is 10.9 Å². The maximum absolute atomic E-state index is 13.2. The van der Waals surface area contributed by atoms with Crippen molar-refractivity contribution in [1.82, 2.24) is 15.3 Å². The smallest absolute Gasteiger partial charge is 0.416 e. The Bertz CT molecular complexity index is 1250. The van der Waals surface area contributed by atoms with Crippen molar-refractivity contribution >= 4 is 52.5 Å². The number of alkyl halides is 3. The van der Waals surface area contributed by atoms with Crippen LogP contribution in [0.4, 0.5) is 41.1 Å². The maximum Gasteiger partial charge on any atom is 0.416 e. The molecule has 0 bridgehead atoms. The van der Waals surface area contributed by atoms with Gasteiger partial charge in [0.2, 0.25) is 5.95 Å². The number of hydrogen-bond acceptors (Lipinski definition) is 7. The van der Waals surface area contributed by atoms with Crippen molar-refractivity contribution in [3.05, 3.63) is 48.0 Å². The van der Waals surface area contributed by atoms with E-state index >= 15 is 0 Å². The molecule has 3 aromatic rings. The van der Waals surface area contributed by atoms with Crippen LogP contribution in [-0.4, -0.2) is 40.8 Å². The van der Waals surface area contributed by atoms with Gasteiger partial charge in [-0.05, 0) is 57.5 Å². The largest absolute Gasteiger partial charge is 0.444 e. The van der Waals surface area contributed by atoms with Crippen molar-refractivity contribution in [3.8, 4) is 0 Å². The molecule has 0 radical (unpaired) electrons. The minimum absolute atomic E-state index is 0. The van der Waals surface area contributed by atoms with Crippen LogP contribution in [0.3, 0.4) is 0 Å². The van der Waals surface area contributed by atoms with E-state index in [9.17, 15) is 18.0 Å². The number of ether oxygens (including phenoxy) is 1. The number of benzene rings is 2. The molecule has 12 heteroatoms. The van der Waals surface area contributed by atoms with Gasteiger partial charge in [-0.15, -0.1) is 12.4 Å². The average Bonchev–Trinajstić information content (AvgIpc) is 3.19. The number of anilines is 4. The number of carbonyl (C=O) groups is 1. The second-order valence-electron chi connectivity index (χ2n) is 9.43. The minimum Gasteiger partial charge on any atom is -0.444 e. The Labute approximate surface area is 212 Å². The number of carbonyl (C=O) groups excluding carboxylic acids is 1. The summed E-state index contributed by atoms with van der Waals surface area (Å²) < 4.78 is 45.0. The number of nitrogens with zero attached hydrogens (tertiary/aromatic N) is 3. The standard InChI is InChI=1S/C24H27F3N6O2.ClH/c1-23(2,3)35-22(34)30-16-8-9-33(13-16)20-18-6-4-5-7-19(18)31-21(32-20)29-17-11-14(24(25,26)27)10-15(28)12-17;/h4-7,10-12,16H,8-9,13,28H2,1-3H3,(H,30,34)(H,29,31,32);1H/t16-;/m0./s1. The Morgan fingerprint density at radius 3 is 2.56 bits per heavy atom. The van der Waals surface area contributed by atoms with Crippen LogP contribution in [0.1, 0.15) is 32.8 Å². The quantitative estimate of drug-likeness (QED) is 0.387. The number of nitrogens with two attached hydrogens (primary N) is 1. The monoisotopic (exact) mass is 524 g/mol. The van der Waals surface area contributed by atoms with Gasteiger partial charge in [0.15, 0.2) is 0 Å². The predicted octanol–water partition coefficient (Wildman–Crippen LogP) is 5.50. The highest BCUT2D eigenvalue weighted by molar-refractivity contribution is 5.91. The molecular weight excluding hydrogens is 497 g/mol. The van der Waals surface area contributed by atoms with E-state index < -0.39 is 23.4 Å². The van der Waals surface area contributed by atoms with Crippen molar-refractivity contribution in [1.29, 1.82) is 0 Å². The van der Waals surface area contributed by atoms with Gasteiger partial charge in [0.05, 0.1) is 17.1 Å². The number of para-hydroxylation sites is 1. The highest BCUT2D eigenvalue weighted by Crippen LogP contribution is 2.34. The molecule has 2 aromatic carbocycles. The Morgan fingerprint density at radius 1 is 1.14 bits per heavy atom. The molecule has 0 saturated carbocycles. The van der Waals surface area contributed by atoms with Gasteiger partial charge in [-0.1, -0.05) is 12.1 Å². The fourth-order valence-corrected chi connectivity index (χ4v) is 3.92. The van der Waals surface area contributed by atoms with Gasteiger partial charge in [-0.2, -0.15) is 18.2 Å². The second-order valence-corrected chi connectivity index (χ2v) is 9.43. The number of aromatic nitrogens is 2. The lowest BCUT2D eigenvalue weighted by Crippen LogP contribution is -2.40. The molecule has 36 heavy (non-hydrogen) atoms. The van der Waals surface area contributed by atoms with Gasteiger partial charge in [-0.3, -0.25) is 0 Å². The van der Waals surface area contributed by atoms with Gasteiger partial charge in [0, 0.05) is 29.9 Å². The van der Waals surface area contributed by atoms with Crippen LogP contribution in [0.5, 0.6) is 0 Å². The van der Waals surface area contributed by atoms with E-state index in [-0.39, 0.29) is 35.8 Å². The zero-order chi connectivity index (χ0) is 25.4. The Balaban J connectivity index is 0.00000361. The van der Waals surface area contributed by atoms with E-state index in [1.165, 1.54) is 6.07 Å². The first-order chi connectivity index (χ1) is 16.4. The number of amides is 1. The van der Waals surface area contributed by atoms with E-state index in [1.54, 1.807) is 26.8 Å². The summed E-state index contributed by atoms with van der Waals surface area (Å²) in [7, 11) is 0. The average molecular weight is 525 g/mol. The summed E-state index contributed by atoms with van der Waals surface area (Å²) in [6.07, 6.45) is -4.33. The van der Waals surface area contributed by atoms with E-state index in [0.29, 0.717) is 30.8 Å². The number of rotatable bonds is 4. The fourth-order valence-electron chi connectivity index (χ4n) is 3.92. The fraction of sp³-hybridized carbons (Fsp3) is 0.375. The van der Waals surface area contributed by atoms with E-state index in [1.807, 2.05) is 23.1 Å². The van der Waals surface area contributed by atoms with Crippen molar-refractivity contribution in [2.75, 3.05) is 29.0 Å². The lowest BCUT2D eigenvalue weighted by atomic mass is 10.1. The Kier molecular flexibility index (Phi) is 7.73. The third-order valence-corrected chi connectivity index (χ3v) is 5.33. The second kappa shape index (κ2) is 10.3. The minimum atomic E-state index is -4.53. The normalized spacial score (nSPS) is 15.9. The highest BCUT2D eigenvalue weighted by atomic mass is 35.5. The van der Waals surface area contributed by atoms with Crippen molar-refractivity contribution < 1.29 is 22.7 Å².